The number of rotatable bonds is 11. The van der Waals surface area contributed by atoms with Gasteiger partial charge in [-0.25, -0.2) is 9.97 Å². The number of pyridine rings is 1. The molecule has 3 aromatic rings. The predicted molar refractivity (Wildman–Crippen MR) is 138 cm³/mol. The van der Waals surface area contributed by atoms with Gasteiger partial charge in [0.15, 0.2) is 5.82 Å². The Kier molecular flexibility index (Phi) is 8.48. The van der Waals surface area contributed by atoms with E-state index in [4.69, 9.17) is 24.5 Å². The van der Waals surface area contributed by atoms with E-state index < -0.39 is 0 Å². The molecule has 1 aliphatic rings. The number of anilines is 3. The molecule has 4 rings (SSSR count). The van der Waals surface area contributed by atoms with Crippen LogP contribution in [0, 0.1) is 12.8 Å². The van der Waals surface area contributed by atoms with E-state index in [2.05, 4.69) is 34.4 Å². The molecule has 35 heavy (non-hydrogen) atoms. The van der Waals surface area contributed by atoms with Gasteiger partial charge >= 0.3 is 0 Å². The average Bonchev–Trinajstić information content (AvgIpc) is 3.21. The number of hydrogen-bond donors (Lipinski definition) is 2. The minimum Gasteiger partial charge on any atom is -0.380 e. The molecule has 0 aliphatic carbocycles. The third kappa shape index (κ3) is 5.88. The summed E-state index contributed by atoms with van der Waals surface area (Å²) >= 11 is 0. The topological polar surface area (TPSA) is 102 Å². The van der Waals surface area contributed by atoms with Crippen molar-refractivity contribution in [2.75, 3.05) is 56.2 Å². The van der Waals surface area contributed by atoms with Gasteiger partial charge in [0, 0.05) is 45.6 Å². The van der Waals surface area contributed by atoms with Crippen molar-refractivity contribution in [1.29, 1.82) is 0 Å². The predicted octanol–water partition coefficient (Wildman–Crippen LogP) is 3.45. The van der Waals surface area contributed by atoms with Crippen LogP contribution in [0.2, 0.25) is 0 Å². The number of fused-ring (bicyclic) bond motifs is 1. The smallest absolute Gasteiger partial charge is 0.228 e. The fraction of sp³-hybridized carbons (Fsp3) is 0.600. The molecule has 0 bridgehead atoms. The second kappa shape index (κ2) is 11.7. The molecule has 0 aromatic carbocycles. The van der Waals surface area contributed by atoms with Gasteiger partial charge in [-0.3, -0.25) is 4.68 Å². The van der Waals surface area contributed by atoms with Gasteiger partial charge in [0.2, 0.25) is 5.95 Å². The van der Waals surface area contributed by atoms with E-state index in [1.165, 1.54) is 0 Å². The van der Waals surface area contributed by atoms with Gasteiger partial charge in [-0.15, -0.1) is 0 Å². The zero-order valence-electron chi connectivity index (χ0n) is 21.5. The molecule has 4 heterocycles. The average molecular weight is 483 g/mol. The summed E-state index contributed by atoms with van der Waals surface area (Å²) in [5.41, 5.74) is 3.61. The first-order valence-corrected chi connectivity index (χ1v) is 12.6. The maximum atomic E-state index is 6.17. The third-order valence-electron chi connectivity index (χ3n) is 6.04. The van der Waals surface area contributed by atoms with Gasteiger partial charge in [0.05, 0.1) is 13.2 Å². The highest BCUT2D eigenvalue weighted by Gasteiger charge is 2.28. The molecule has 1 aliphatic heterocycles. The van der Waals surface area contributed by atoms with Crippen molar-refractivity contribution in [1.82, 2.24) is 30.0 Å². The van der Waals surface area contributed by atoms with E-state index in [1.807, 2.05) is 37.6 Å². The summed E-state index contributed by atoms with van der Waals surface area (Å²) in [5, 5.41) is 11.9. The van der Waals surface area contributed by atoms with Crippen molar-refractivity contribution in [3.05, 3.63) is 29.6 Å². The van der Waals surface area contributed by atoms with Crippen molar-refractivity contribution in [2.24, 2.45) is 5.92 Å². The summed E-state index contributed by atoms with van der Waals surface area (Å²) in [6.07, 6.45) is 1.63. The quantitative estimate of drug-likeness (QED) is 0.398. The summed E-state index contributed by atoms with van der Waals surface area (Å²) in [6.45, 7) is 16.3. The first-order chi connectivity index (χ1) is 17.0. The number of piperazine rings is 1. The summed E-state index contributed by atoms with van der Waals surface area (Å²) in [4.78, 5) is 16.8. The van der Waals surface area contributed by atoms with Crippen molar-refractivity contribution in [3.63, 3.8) is 0 Å². The Labute approximate surface area is 207 Å². The molecular formula is C25H38N8O2. The zero-order chi connectivity index (χ0) is 24.8. The molecule has 3 aromatic heterocycles. The molecule has 0 radical (unpaired) electrons. The fourth-order valence-corrected chi connectivity index (χ4v) is 4.33. The second-order valence-corrected chi connectivity index (χ2v) is 9.08. The lowest BCUT2D eigenvalue weighted by Crippen LogP contribution is -2.44. The van der Waals surface area contributed by atoms with E-state index in [-0.39, 0.29) is 12.0 Å². The first kappa shape index (κ1) is 25.3. The standard InChI is InChI=1S/C25H38N8O2/c1-6-34-15-14-33-22-20(21(31-33)23(17(3)4)35-7-2)29-25(32-12-10-26-11-13-32)30-24(22)28-19-16-18(5)8-9-27-19/h8-9,16-17,23,26H,6-7,10-15H2,1-5H3,(H,27,28,29,30). The van der Waals surface area contributed by atoms with Crippen LogP contribution in [-0.4, -0.2) is 70.7 Å². The van der Waals surface area contributed by atoms with E-state index in [1.54, 1.807) is 6.20 Å². The molecule has 2 N–H and O–H groups in total. The van der Waals surface area contributed by atoms with Crippen LogP contribution in [0.5, 0.6) is 0 Å². The largest absolute Gasteiger partial charge is 0.380 e. The molecule has 10 nitrogen and oxygen atoms in total. The highest BCUT2D eigenvalue weighted by atomic mass is 16.5. The van der Waals surface area contributed by atoms with Crippen molar-refractivity contribution >= 4 is 28.6 Å². The van der Waals surface area contributed by atoms with Gasteiger partial charge in [0.25, 0.3) is 0 Å². The van der Waals surface area contributed by atoms with Crippen LogP contribution < -0.4 is 15.5 Å². The van der Waals surface area contributed by atoms with Gasteiger partial charge in [-0.2, -0.15) is 10.1 Å². The molecule has 1 fully saturated rings. The van der Waals surface area contributed by atoms with Gasteiger partial charge < -0.3 is 25.0 Å². The summed E-state index contributed by atoms with van der Waals surface area (Å²) < 4.78 is 13.8. The van der Waals surface area contributed by atoms with E-state index in [9.17, 15) is 0 Å². The van der Waals surface area contributed by atoms with Crippen LogP contribution >= 0.6 is 0 Å². The molecule has 1 saturated heterocycles. The molecule has 1 unspecified atom stereocenters. The number of ether oxygens (including phenoxy) is 2. The normalized spacial score (nSPS) is 15.2. The van der Waals surface area contributed by atoms with E-state index in [0.717, 1.165) is 54.3 Å². The van der Waals surface area contributed by atoms with Gasteiger partial charge in [0.1, 0.15) is 28.6 Å². The Balaban J connectivity index is 1.90. The van der Waals surface area contributed by atoms with Crippen molar-refractivity contribution in [3.8, 4) is 0 Å². The SMILES string of the molecule is CCOCCn1nc(C(OCC)C(C)C)c2nc(N3CCNCC3)nc(Nc3cc(C)ccn3)c21. The van der Waals surface area contributed by atoms with Crippen LogP contribution in [0.15, 0.2) is 18.3 Å². The Morgan fingerprint density at radius 1 is 1.14 bits per heavy atom. The maximum Gasteiger partial charge on any atom is 0.228 e. The number of aromatic nitrogens is 5. The monoisotopic (exact) mass is 482 g/mol. The van der Waals surface area contributed by atoms with Crippen LogP contribution in [-0.2, 0) is 16.0 Å². The Bertz CT molecular complexity index is 1110. The highest BCUT2D eigenvalue weighted by molar-refractivity contribution is 5.90. The van der Waals surface area contributed by atoms with Crippen LogP contribution in [0.1, 0.15) is 45.1 Å². The lowest BCUT2D eigenvalue weighted by atomic mass is 10.0. The molecule has 1 atom stereocenters. The second-order valence-electron chi connectivity index (χ2n) is 9.08. The number of nitrogens with zero attached hydrogens (tertiary/aromatic N) is 6. The zero-order valence-corrected chi connectivity index (χ0v) is 21.5. The molecule has 0 amide bonds. The van der Waals surface area contributed by atoms with E-state index >= 15 is 0 Å². The lowest BCUT2D eigenvalue weighted by molar-refractivity contribution is 0.0266. The molecule has 0 spiro atoms. The van der Waals surface area contributed by atoms with Crippen molar-refractivity contribution < 1.29 is 9.47 Å². The molecular weight excluding hydrogens is 444 g/mol. The van der Waals surface area contributed by atoms with Crippen molar-refractivity contribution in [2.45, 2.75) is 47.3 Å². The lowest BCUT2D eigenvalue weighted by Gasteiger charge is -2.28. The Morgan fingerprint density at radius 2 is 1.94 bits per heavy atom. The van der Waals surface area contributed by atoms with Gasteiger partial charge in [-0.1, -0.05) is 13.8 Å². The highest BCUT2D eigenvalue weighted by Crippen LogP contribution is 2.35. The van der Waals surface area contributed by atoms with Crippen LogP contribution in [0.3, 0.4) is 0 Å². The van der Waals surface area contributed by atoms with E-state index in [0.29, 0.717) is 38.1 Å². The van der Waals surface area contributed by atoms with Crippen LogP contribution in [0.25, 0.3) is 11.0 Å². The molecule has 0 saturated carbocycles. The third-order valence-corrected chi connectivity index (χ3v) is 6.04. The van der Waals surface area contributed by atoms with Gasteiger partial charge in [-0.05, 0) is 44.4 Å². The van der Waals surface area contributed by atoms with Crippen LogP contribution in [0.4, 0.5) is 17.6 Å². The number of hydrogen-bond acceptors (Lipinski definition) is 9. The Morgan fingerprint density at radius 3 is 2.63 bits per heavy atom. The minimum absolute atomic E-state index is 0.174. The summed E-state index contributed by atoms with van der Waals surface area (Å²) in [5.74, 6) is 2.36. The summed E-state index contributed by atoms with van der Waals surface area (Å²) in [6, 6.07) is 3.99. The first-order valence-electron chi connectivity index (χ1n) is 12.6. The number of nitrogens with one attached hydrogen (secondary N) is 2. The summed E-state index contributed by atoms with van der Waals surface area (Å²) in [7, 11) is 0. The number of aryl methyl sites for hydroxylation is 1. The Hall–Kier alpha value is -2.82. The minimum atomic E-state index is -0.174. The molecule has 190 valence electrons. The molecule has 10 heteroatoms. The maximum absolute atomic E-state index is 6.17. The fourth-order valence-electron chi connectivity index (χ4n) is 4.33.